The molecule has 106 valence electrons. The van der Waals surface area contributed by atoms with E-state index in [4.69, 9.17) is 0 Å². The van der Waals surface area contributed by atoms with E-state index in [1.54, 1.807) is 6.20 Å². The Hall–Kier alpha value is -1.14. The Balaban J connectivity index is 1.54. The zero-order chi connectivity index (χ0) is 13.9. The third-order valence-electron chi connectivity index (χ3n) is 3.82. The SMILES string of the molecule is O=C(Nc1ncc(Br)s1)C1CCC(n2cccc2)CC1. The van der Waals surface area contributed by atoms with Gasteiger partial charge < -0.3 is 9.88 Å². The number of carbonyl (C=O) groups excluding carboxylic acids is 1. The molecule has 4 nitrogen and oxygen atoms in total. The Morgan fingerprint density at radius 1 is 1.30 bits per heavy atom. The van der Waals surface area contributed by atoms with E-state index in [0.29, 0.717) is 11.2 Å². The molecular formula is C14H16BrN3OS. The van der Waals surface area contributed by atoms with Crippen LogP contribution in [0.2, 0.25) is 0 Å². The van der Waals surface area contributed by atoms with Crippen LogP contribution in [0.4, 0.5) is 5.13 Å². The molecule has 0 aliphatic heterocycles. The van der Waals surface area contributed by atoms with E-state index >= 15 is 0 Å². The van der Waals surface area contributed by atoms with Gasteiger partial charge in [-0.3, -0.25) is 4.79 Å². The Kier molecular flexibility index (Phi) is 4.21. The fourth-order valence-corrected chi connectivity index (χ4v) is 3.86. The molecule has 2 aromatic rings. The molecule has 3 rings (SSSR count). The van der Waals surface area contributed by atoms with Crippen LogP contribution in [0.5, 0.6) is 0 Å². The standard InChI is InChI=1S/C14H16BrN3OS/c15-12-9-16-14(20-12)17-13(19)10-3-5-11(6-4-10)18-7-1-2-8-18/h1-2,7-11H,3-6H2,(H,16,17,19). The summed E-state index contributed by atoms with van der Waals surface area (Å²) in [6.45, 7) is 0. The highest BCUT2D eigenvalue weighted by molar-refractivity contribution is 9.11. The predicted octanol–water partition coefficient (Wildman–Crippen LogP) is 4.08. The first-order valence-corrected chi connectivity index (χ1v) is 8.38. The number of anilines is 1. The van der Waals surface area contributed by atoms with Crippen LogP contribution in [0, 0.1) is 5.92 Å². The molecule has 2 aromatic heterocycles. The molecule has 0 unspecified atom stereocenters. The van der Waals surface area contributed by atoms with Gasteiger partial charge in [0.2, 0.25) is 5.91 Å². The number of rotatable bonds is 3. The van der Waals surface area contributed by atoms with Crippen molar-refractivity contribution in [1.29, 1.82) is 0 Å². The maximum absolute atomic E-state index is 12.2. The molecule has 20 heavy (non-hydrogen) atoms. The lowest BCUT2D eigenvalue weighted by atomic mass is 9.85. The predicted molar refractivity (Wildman–Crippen MR) is 83.9 cm³/mol. The van der Waals surface area contributed by atoms with Gasteiger partial charge in [0, 0.05) is 24.4 Å². The first-order chi connectivity index (χ1) is 9.72. The molecule has 1 aliphatic rings. The van der Waals surface area contributed by atoms with E-state index < -0.39 is 0 Å². The summed E-state index contributed by atoms with van der Waals surface area (Å²) in [6, 6.07) is 4.65. The van der Waals surface area contributed by atoms with Crippen molar-refractivity contribution >= 4 is 38.3 Å². The fraction of sp³-hybridized carbons (Fsp3) is 0.429. The van der Waals surface area contributed by atoms with Gasteiger partial charge in [0.25, 0.3) is 0 Å². The largest absolute Gasteiger partial charge is 0.351 e. The number of nitrogens with one attached hydrogen (secondary N) is 1. The minimum Gasteiger partial charge on any atom is -0.351 e. The van der Waals surface area contributed by atoms with Crippen LogP contribution in [-0.2, 0) is 4.79 Å². The molecule has 0 bridgehead atoms. The van der Waals surface area contributed by atoms with E-state index in [0.717, 1.165) is 29.5 Å². The number of aromatic nitrogens is 2. The Bertz CT molecular complexity index is 573. The van der Waals surface area contributed by atoms with Crippen LogP contribution in [0.15, 0.2) is 34.5 Å². The summed E-state index contributed by atoms with van der Waals surface area (Å²) in [5.74, 6) is 0.224. The molecule has 0 aromatic carbocycles. The number of hydrogen-bond donors (Lipinski definition) is 1. The average Bonchev–Trinajstić information content (AvgIpc) is 3.11. The van der Waals surface area contributed by atoms with Gasteiger partial charge >= 0.3 is 0 Å². The summed E-state index contributed by atoms with van der Waals surface area (Å²) in [6.07, 6.45) is 9.95. The normalized spacial score (nSPS) is 22.6. The van der Waals surface area contributed by atoms with Crippen molar-refractivity contribution in [3.63, 3.8) is 0 Å². The second-order valence-electron chi connectivity index (χ2n) is 5.09. The molecule has 2 heterocycles. The van der Waals surface area contributed by atoms with Crippen molar-refractivity contribution in [2.24, 2.45) is 5.92 Å². The van der Waals surface area contributed by atoms with Crippen LogP contribution in [0.3, 0.4) is 0 Å². The Morgan fingerprint density at radius 3 is 2.60 bits per heavy atom. The summed E-state index contributed by atoms with van der Waals surface area (Å²) < 4.78 is 3.19. The van der Waals surface area contributed by atoms with E-state index in [9.17, 15) is 4.79 Å². The van der Waals surface area contributed by atoms with E-state index in [1.807, 2.05) is 0 Å². The first-order valence-electron chi connectivity index (χ1n) is 6.77. The zero-order valence-corrected chi connectivity index (χ0v) is 13.4. The van der Waals surface area contributed by atoms with Crippen LogP contribution >= 0.6 is 27.3 Å². The molecule has 0 radical (unpaired) electrons. The molecule has 1 N–H and O–H groups in total. The molecule has 1 saturated carbocycles. The van der Waals surface area contributed by atoms with Crippen LogP contribution in [0.25, 0.3) is 0 Å². The lowest BCUT2D eigenvalue weighted by Crippen LogP contribution is -2.27. The molecule has 0 atom stereocenters. The smallest absolute Gasteiger partial charge is 0.229 e. The molecular weight excluding hydrogens is 338 g/mol. The molecule has 0 saturated heterocycles. The van der Waals surface area contributed by atoms with Crippen molar-refractivity contribution in [2.45, 2.75) is 31.7 Å². The van der Waals surface area contributed by atoms with Crippen molar-refractivity contribution in [1.82, 2.24) is 9.55 Å². The summed E-state index contributed by atoms with van der Waals surface area (Å²) in [5.41, 5.74) is 0. The number of nitrogens with zero attached hydrogens (tertiary/aromatic N) is 2. The van der Waals surface area contributed by atoms with Crippen molar-refractivity contribution in [3.05, 3.63) is 34.5 Å². The number of thiazole rings is 1. The summed E-state index contributed by atoms with van der Waals surface area (Å²) in [5, 5.41) is 3.59. The molecule has 1 aliphatic carbocycles. The quantitative estimate of drug-likeness (QED) is 0.903. The zero-order valence-electron chi connectivity index (χ0n) is 11.0. The monoisotopic (exact) mass is 353 g/mol. The van der Waals surface area contributed by atoms with Crippen molar-refractivity contribution in [3.8, 4) is 0 Å². The average molecular weight is 354 g/mol. The van der Waals surface area contributed by atoms with Gasteiger partial charge in [-0.15, -0.1) is 0 Å². The van der Waals surface area contributed by atoms with Crippen LogP contribution in [-0.4, -0.2) is 15.5 Å². The van der Waals surface area contributed by atoms with Gasteiger partial charge in [0.15, 0.2) is 5.13 Å². The van der Waals surface area contributed by atoms with Gasteiger partial charge in [0.1, 0.15) is 0 Å². The molecule has 6 heteroatoms. The maximum atomic E-state index is 12.2. The van der Waals surface area contributed by atoms with Gasteiger partial charge in [-0.05, 0) is 53.7 Å². The van der Waals surface area contributed by atoms with E-state index in [-0.39, 0.29) is 11.8 Å². The lowest BCUT2D eigenvalue weighted by Gasteiger charge is -2.28. The number of amides is 1. The minimum atomic E-state index is 0.109. The first kappa shape index (κ1) is 13.8. The Morgan fingerprint density at radius 2 is 2.00 bits per heavy atom. The van der Waals surface area contributed by atoms with E-state index in [2.05, 4.69) is 55.3 Å². The fourth-order valence-electron chi connectivity index (χ4n) is 2.75. The van der Waals surface area contributed by atoms with Gasteiger partial charge in [-0.25, -0.2) is 4.98 Å². The second kappa shape index (κ2) is 6.10. The number of carbonyl (C=O) groups is 1. The van der Waals surface area contributed by atoms with Gasteiger partial charge in [0.05, 0.1) is 9.98 Å². The molecule has 1 fully saturated rings. The minimum absolute atomic E-state index is 0.109. The van der Waals surface area contributed by atoms with Crippen molar-refractivity contribution < 1.29 is 4.79 Å². The topological polar surface area (TPSA) is 46.9 Å². The number of halogens is 1. The third-order valence-corrected chi connectivity index (χ3v) is 5.22. The summed E-state index contributed by atoms with van der Waals surface area (Å²) >= 11 is 4.80. The number of hydrogen-bond acceptors (Lipinski definition) is 3. The summed E-state index contributed by atoms with van der Waals surface area (Å²) in [4.78, 5) is 16.3. The van der Waals surface area contributed by atoms with Gasteiger partial charge in [-0.2, -0.15) is 0 Å². The van der Waals surface area contributed by atoms with E-state index in [1.165, 1.54) is 11.3 Å². The highest BCUT2D eigenvalue weighted by Gasteiger charge is 2.27. The van der Waals surface area contributed by atoms with Crippen LogP contribution < -0.4 is 5.32 Å². The van der Waals surface area contributed by atoms with Gasteiger partial charge in [-0.1, -0.05) is 11.3 Å². The third kappa shape index (κ3) is 3.12. The molecule has 1 amide bonds. The van der Waals surface area contributed by atoms with Crippen LogP contribution in [0.1, 0.15) is 31.7 Å². The lowest BCUT2D eigenvalue weighted by molar-refractivity contribution is -0.121. The highest BCUT2D eigenvalue weighted by atomic mass is 79.9. The highest BCUT2D eigenvalue weighted by Crippen LogP contribution is 2.33. The summed E-state index contributed by atoms with van der Waals surface area (Å²) in [7, 11) is 0. The maximum Gasteiger partial charge on any atom is 0.229 e. The second-order valence-corrected chi connectivity index (χ2v) is 7.50. The molecule has 0 spiro atoms. The van der Waals surface area contributed by atoms with Crippen molar-refractivity contribution in [2.75, 3.05) is 5.32 Å². The Labute approximate surface area is 130 Å².